The van der Waals surface area contributed by atoms with Crippen molar-refractivity contribution in [2.24, 2.45) is 0 Å². The van der Waals surface area contributed by atoms with Gasteiger partial charge in [0.05, 0.1) is 0 Å². The molecule has 1 N–H and O–H groups in total. The Balaban J connectivity index is 1.58. The minimum atomic E-state index is -0.773. The molecule has 2 heterocycles. The van der Waals surface area contributed by atoms with E-state index in [2.05, 4.69) is 34.2 Å². The third-order valence-corrected chi connectivity index (χ3v) is 4.51. The summed E-state index contributed by atoms with van der Waals surface area (Å²) in [6.07, 6.45) is 1.05. The molecule has 1 atom stereocenters. The maximum atomic E-state index is 12.2. The van der Waals surface area contributed by atoms with Crippen LogP contribution < -0.4 is 5.32 Å². The Morgan fingerprint density at radius 2 is 1.89 bits per heavy atom. The van der Waals surface area contributed by atoms with Crippen molar-refractivity contribution in [2.75, 3.05) is 11.9 Å². The number of carbonyl (C=O) groups excluding carboxylic acids is 2. The molecule has 0 unspecified atom stereocenters. The quantitative estimate of drug-likeness (QED) is 0.659. The van der Waals surface area contributed by atoms with E-state index in [0.717, 1.165) is 17.8 Å². The third kappa shape index (κ3) is 4.33. The van der Waals surface area contributed by atoms with Crippen LogP contribution in [0.3, 0.4) is 0 Å². The van der Waals surface area contributed by atoms with Crippen LogP contribution in [0, 0.1) is 13.8 Å². The zero-order valence-corrected chi connectivity index (χ0v) is 16.4. The molecule has 0 aliphatic rings. The van der Waals surface area contributed by atoms with Gasteiger partial charge in [-0.25, -0.2) is 14.3 Å². The van der Waals surface area contributed by atoms with Crippen molar-refractivity contribution in [3.63, 3.8) is 0 Å². The molecule has 1 amide bonds. The van der Waals surface area contributed by atoms with Gasteiger partial charge < -0.3 is 10.1 Å². The van der Waals surface area contributed by atoms with Crippen molar-refractivity contribution in [1.29, 1.82) is 0 Å². The average molecular weight is 381 g/mol. The van der Waals surface area contributed by atoms with Gasteiger partial charge >= 0.3 is 5.97 Å². The van der Waals surface area contributed by atoms with Gasteiger partial charge in [0, 0.05) is 17.1 Å². The van der Waals surface area contributed by atoms with E-state index in [-0.39, 0.29) is 5.82 Å². The number of nitrogens with zero attached hydrogens (tertiary/aromatic N) is 4. The molecule has 0 spiro atoms. The zero-order valence-electron chi connectivity index (χ0n) is 16.4. The molecule has 0 aliphatic heterocycles. The monoisotopic (exact) mass is 381 g/mol. The van der Waals surface area contributed by atoms with Gasteiger partial charge in [-0.1, -0.05) is 26.0 Å². The highest BCUT2D eigenvalue weighted by molar-refractivity contribution is 5.94. The summed E-state index contributed by atoms with van der Waals surface area (Å²) < 4.78 is 6.48. The van der Waals surface area contributed by atoms with Crippen LogP contribution in [0.15, 0.2) is 30.3 Å². The average Bonchev–Trinajstić information content (AvgIpc) is 3.10. The summed E-state index contributed by atoms with van der Waals surface area (Å²) in [6, 6.07) is 9.46. The second kappa shape index (κ2) is 8.16. The summed E-state index contributed by atoms with van der Waals surface area (Å²) in [7, 11) is 0. The summed E-state index contributed by atoms with van der Waals surface area (Å²) in [4.78, 5) is 32.5. The molecule has 28 heavy (non-hydrogen) atoms. The first-order valence-electron chi connectivity index (χ1n) is 9.15. The van der Waals surface area contributed by atoms with Crippen LogP contribution in [-0.2, 0) is 9.53 Å². The highest BCUT2D eigenvalue weighted by atomic mass is 16.5. The van der Waals surface area contributed by atoms with Crippen LogP contribution >= 0.6 is 0 Å². The lowest BCUT2D eigenvalue weighted by atomic mass is 9.99. The number of hydrogen-bond acceptors (Lipinski definition) is 6. The predicted octanol–water partition coefficient (Wildman–Crippen LogP) is 3.05. The first-order chi connectivity index (χ1) is 13.4. The number of ether oxygens (including phenoxy) is 1. The Morgan fingerprint density at radius 1 is 1.18 bits per heavy atom. The van der Waals surface area contributed by atoms with Crippen LogP contribution in [0.25, 0.3) is 5.78 Å². The van der Waals surface area contributed by atoms with E-state index in [1.807, 2.05) is 44.2 Å². The van der Waals surface area contributed by atoms with Crippen LogP contribution in [0.5, 0.6) is 0 Å². The molecule has 0 saturated carbocycles. The smallest absolute Gasteiger partial charge is 0.378 e. The number of aromatic nitrogens is 4. The molecule has 8 heteroatoms. The first kappa shape index (κ1) is 19.5. The molecular formula is C20H23N5O3. The van der Waals surface area contributed by atoms with Gasteiger partial charge in [-0.3, -0.25) is 4.79 Å². The molecule has 3 rings (SSSR count). The number of hydrogen-bond donors (Lipinski definition) is 1. The minimum Gasteiger partial charge on any atom is -0.450 e. The lowest BCUT2D eigenvalue weighted by molar-refractivity contribution is -0.119. The number of nitrogens with one attached hydrogen (secondary N) is 1. The lowest BCUT2D eigenvalue weighted by Gasteiger charge is -2.10. The fourth-order valence-electron chi connectivity index (χ4n) is 2.78. The van der Waals surface area contributed by atoms with E-state index in [0.29, 0.717) is 17.4 Å². The molecular weight excluding hydrogens is 358 g/mol. The number of benzene rings is 1. The van der Waals surface area contributed by atoms with Crippen molar-refractivity contribution in [3.05, 3.63) is 53.1 Å². The summed E-state index contributed by atoms with van der Waals surface area (Å²) in [5, 5.41) is 6.79. The first-order valence-corrected chi connectivity index (χ1v) is 9.15. The number of rotatable bonds is 6. The summed E-state index contributed by atoms with van der Waals surface area (Å²) in [5.74, 6) is -0.559. The Hall–Kier alpha value is -3.29. The Labute approximate surface area is 163 Å². The second-order valence-corrected chi connectivity index (χ2v) is 6.74. The van der Waals surface area contributed by atoms with E-state index in [4.69, 9.17) is 4.74 Å². The minimum absolute atomic E-state index is 0.132. The van der Waals surface area contributed by atoms with Crippen LogP contribution in [0.4, 0.5) is 5.69 Å². The molecule has 146 valence electrons. The maximum Gasteiger partial charge on any atom is 0.378 e. The van der Waals surface area contributed by atoms with Crippen molar-refractivity contribution in [1.82, 2.24) is 19.6 Å². The molecule has 2 aromatic heterocycles. The lowest BCUT2D eigenvalue weighted by Crippen LogP contribution is -2.21. The van der Waals surface area contributed by atoms with Crippen molar-refractivity contribution < 1.29 is 14.3 Å². The van der Waals surface area contributed by atoms with Gasteiger partial charge in [0.1, 0.15) is 0 Å². The highest BCUT2D eigenvalue weighted by Crippen LogP contribution is 2.20. The summed E-state index contributed by atoms with van der Waals surface area (Å²) >= 11 is 0. The zero-order chi connectivity index (χ0) is 20.3. The molecule has 8 nitrogen and oxygen atoms in total. The number of carbonyl (C=O) groups is 2. The molecule has 0 radical (unpaired) electrons. The van der Waals surface area contributed by atoms with Gasteiger partial charge in [-0.2, -0.15) is 4.98 Å². The highest BCUT2D eigenvalue weighted by Gasteiger charge is 2.18. The molecule has 1 aromatic carbocycles. The number of fused-ring (bicyclic) bond motifs is 1. The second-order valence-electron chi connectivity index (χ2n) is 6.74. The number of esters is 1. The molecule has 0 aliphatic carbocycles. The van der Waals surface area contributed by atoms with E-state index >= 15 is 0 Å². The SMILES string of the molecule is CC[C@@H](C)c1ccc(NC(=O)COC(=O)c2nc3nc(C)cc(C)n3n2)cc1. The number of anilines is 1. The van der Waals surface area contributed by atoms with Gasteiger partial charge in [0.25, 0.3) is 17.5 Å². The van der Waals surface area contributed by atoms with E-state index < -0.39 is 18.5 Å². The Kier molecular flexibility index (Phi) is 5.67. The topological polar surface area (TPSA) is 98.5 Å². The molecule has 0 fully saturated rings. The molecule has 0 bridgehead atoms. The number of aryl methyl sites for hydroxylation is 2. The standard InChI is InChI=1S/C20H23N5O3/c1-5-12(2)15-6-8-16(9-7-15)22-17(26)11-28-19(27)18-23-20-21-13(3)10-14(4)25(20)24-18/h6-10,12H,5,11H2,1-4H3,(H,22,26)/t12-/m1/s1. The Morgan fingerprint density at radius 3 is 2.57 bits per heavy atom. The molecule has 3 aromatic rings. The van der Waals surface area contributed by atoms with Crippen LogP contribution in [-0.4, -0.2) is 38.1 Å². The van der Waals surface area contributed by atoms with Crippen molar-refractivity contribution in [2.45, 2.75) is 40.0 Å². The predicted molar refractivity (Wildman–Crippen MR) is 104 cm³/mol. The van der Waals surface area contributed by atoms with E-state index in [1.165, 1.54) is 10.1 Å². The fourth-order valence-corrected chi connectivity index (χ4v) is 2.78. The van der Waals surface area contributed by atoms with E-state index in [9.17, 15) is 9.59 Å². The van der Waals surface area contributed by atoms with Gasteiger partial charge in [-0.15, -0.1) is 5.10 Å². The van der Waals surface area contributed by atoms with Crippen LogP contribution in [0.2, 0.25) is 0 Å². The van der Waals surface area contributed by atoms with Gasteiger partial charge in [-0.05, 0) is 49.9 Å². The largest absolute Gasteiger partial charge is 0.450 e. The maximum absolute atomic E-state index is 12.2. The van der Waals surface area contributed by atoms with Crippen LogP contribution in [0.1, 0.15) is 53.8 Å². The van der Waals surface area contributed by atoms with Crippen molar-refractivity contribution in [3.8, 4) is 0 Å². The van der Waals surface area contributed by atoms with Crippen molar-refractivity contribution >= 4 is 23.3 Å². The van der Waals surface area contributed by atoms with Gasteiger partial charge in [0.15, 0.2) is 6.61 Å². The summed E-state index contributed by atoms with van der Waals surface area (Å²) in [6.45, 7) is 7.53. The normalized spacial score (nSPS) is 12.0. The fraction of sp³-hybridized carbons (Fsp3) is 0.350. The molecule has 0 saturated heterocycles. The number of amides is 1. The van der Waals surface area contributed by atoms with Gasteiger partial charge in [0.2, 0.25) is 0 Å². The Bertz CT molecular complexity index is 1010. The third-order valence-electron chi connectivity index (χ3n) is 4.51. The summed E-state index contributed by atoms with van der Waals surface area (Å²) in [5.41, 5.74) is 3.43. The van der Waals surface area contributed by atoms with E-state index in [1.54, 1.807) is 0 Å².